The molecule has 0 radical (unpaired) electrons. The maximum atomic E-state index is 11.2. The molecule has 1 aliphatic heterocycles. The van der Waals surface area contributed by atoms with E-state index in [1.807, 2.05) is 31.2 Å². The number of hydrogen-bond acceptors (Lipinski definition) is 4. The van der Waals surface area contributed by atoms with Crippen molar-refractivity contribution in [3.8, 4) is 5.88 Å². The molecule has 3 rings (SSSR count). The van der Waals surface area contributed by atoms with E-state index >= 15 is 0 Å². The number of nitrogens with zero attached hydrogens (tertiary/aromatic N) is 1. The van der Waals surface area contributed by atoms with Crippen LogP contribution < -0.4 is 4.87 Å². The zero-order chi connectivity index (χ0) is 12.7. The molecule has 1 aliphatic rings. The highest BCUT2D eigenvalue weighted by atomic mass is 32.1. The Bertz CT molecular complexity index is 737. The molecule has 0 atom stereocenters. The van der Waals surface area contributed by atoms with Gasteiger partial charge in [-0.25, -0.2) is 0 Å². The summed E-state index contributed by atoms with van der Waals surface area (Å²) in [5.74, 6) is -0.0883. The van der Waals surface area contributed by atoms with Crippen LogP contribution in [0.3, 0.4) is 0 Å². The smallest absolute Gasteiger partial charge is 0.307 e. The van der Waals surface area contributed by atoms with Crippen molar-refractivity contribution in [3.63, 3.8) is 0 Å². The number of hydrogen-bond donors (Lipinski definition) is 2. The van der Waals surface area contributed by atoms with E-state index in [1.165, 1.54) is 0 Å². The zero-order valence-electron chi connectivity index (χ0n) is 9.60. The lowest BCUT2D eigenvalue weighted by atomic mass is 10.0. The molecule has 1 aromatic carbocycles. The number of aromatic nitrogens is 1. The summed E-state index contributed by atoms with van der Waals surface area (Å²) in [4.78, 5) is 18.2. The van der Waals surface area contributed by atoms with E-state index in [0.717, 1.165) is 33.9 Å². The third-order valence-corrected chi connectivity index (χ3v) is 3.62. The van der Waals surface area contributed by atoms with Gasteiger partial charge in [0.05, 0.1) is 10.6 Å². The minimum absolute atomic E-state index is 0.0883. The van der Waals surface area contributed by atoms with Gasteiger partial charge < -0.3 is 5.11 Å². The summed E-state index contributed by atoms with van der Waals surface area (Å²) >= 11 is 0.985. The number of allylic oxidation sites excluding steroid dienone is 1. The van der Waals surface area contributed by atoms with Crippen LogP contribution >= 0.6 is 11.3 Å². The van der Waals surface area contributed by atoms with Crippen LogP contribution in [0, 0.1) is 0 Å². The lowest BCUT2D eigenvalue weighted by Gasteiger charge is -2.00. The second kappa shape index (κ2) is 3.96. The fourth-order valence-corrected chi connectivity index (χ4v) is 2.65. The highest BCUT2D eigenvalue weighted by Gasteiger charge is 2.18. The Kier molecular flexibility index (Phi) is 2.41. The Hall–Kier alpha value is -2.14. The Morgan fingerprint density at radius 3 is 2.89 bits per heavy atom. The van der Waals surface area contributed by atoms with Crippen LogP contribution in [-0.2, 0) is 0 Å². The number of aliphatic imine (C=N–C) groups is 1. The van der Waals surface area contributed by atoms with Crippen molar-refractivity contribution in [1.29, 1.82) is 0 Å². The Morgan fingerprint density at radius 2 is 2.17 bits per heavy atom. The number of thiazole rings is 1. The molecule has 0 saturated heterocycles. The van der Waals surface area contributed by atoms with E-state index in [2.05, 4.69) is 9.98 Å². The van der Waals surface area contributed by atoms with E-state index < -0.39 is 0 Å². The van der Waals surface area contributed by atoms with Gasteiger partial charge >= 0.3 is 4.87 Å². The number of H-pyrrole nitrogens is 1. The minimum Gasteiger partial charge on any atom is -0.493 e. The number of aromatic hydroxyl groups is 1. The lowest BCUT2D eigenvalue weighted by molar-refractivity contribution is 0.455. The summed E-state index contributed by atoms with van der Waals surface area (Å²) in [7, 11) is 0. The van der Waals surface area contributed by atoms with Gasteiger partial charge in [-0.05, 0) is 19.1 Å². The van der Waals surface area contributed by atoms with Gasteiger partial charge in [-0.15, -0.1) is 0 Å². The van der Waals surface area contributed by atoms with Crippen LogP contribution in [0.4, 0.5) is 5.69 Å². The number of nitrogens with one attached hydrogen (secondary N) is 1. The number of para-hydroxylation sites is 1. The number of aromatic amines is 1. The Morgan fingerprint density at radius 1 is 1.39 bits per heavy atom. The summed E-state index contributed by atoms with van der Waals surface area (Å²) in [6.07, 6.45) is 1.79. The van der Waals surface area contributed by atoms with Crippen LogP contribution in [-0.4, -0.2) is 15.8 Å². The first-order valence-corrected chi connectivity index (χ1v) is 6.25. The standard InChI is InChI=1S/C13H10N2O2S/c1-7-9(6-11-12(16)15-13(17)18-11)8-4-2-3-5-10(8)14-7/h2-6,16H,1H3,(H,15,17). The number of rotatable bonds is 1. The molecule has 4 nitrogen and oxygen atoms in total. The van der Waals surface area contributed by atoms with Crippen molar-refractivity contribution in [3.05, 3.63) is 44.4 Å². The highest BCUT2D eigenvalue weighted by molar-refractivity contribution is 7.10. The summed E-state index contributed by atoms with van der Waals surface area (Å²) in [6, 6.07) is 7.80. The topological polar surface area (TPSA) is 65.5 Å². The molecule has 0 unspecified atom stereocenters. The van der Waals surface area contributed by atoms with Crippen molar-refractivity contribution in [2.24, 2.45) is 4.99 Å². The Labute approximate surface area is 107 Å². The molecule has 0 aliphatic carbocycles. The van der Waals surface area contributed by atoms with E-state index in [0.29, 0.717) is 4.88 Å². The lowest BCUT2D eigenvalue weighted by Crippen LogP contribution is -1.89. The van der Waals surface area contributed by atoms with Crippen molar-refractivity contribution in [2.45, 2.75) is 6.92 Å². The van der Waals surface area contributed by atoms with E-state index in [1.54, 1.807) is 6.08 Å². The average Bonchev–Trinajstić information content (AvgIpc) is 2.81. The van der Waals surface area contributed by atoms with Gasteiger partial charge in [-0.3, -0.25) is 14.8 Å². The summed E-state index contributed by atoms with van der Waals surface area (Å²) < 4.78 is 0. The second-order valence-corrected chi connectivity index (χ2v) is 5.01. The molecule has 0 saturated carbocycles. The number of fused-ring (bicyclic) bond motifs is 1. The van der Waals surface area contributed by atoms with Crippen LogP contribution in [0.25, 0.3) is 11.6 Å². The molecule has 0 fully saturated rings. The predicted molar refractivity (Wildman–Crippen MR) is 73.7 cm³/mol. The molecule has 1 aromatic heterocycles. The summed E-state index contributed by atoms with van der Waals surface area (Å²) in [5.41, 5.74) is 3.77. The summed E-state index contributed by atoms with van der Waals surface area (Å²) in [6.45, 7) is 1.91. The van der Waals surface area contributed by atoms with E-state index in [9.17, 15) is 9.90 Å². The molecule has 0 bridgehead atoms. The zero-order valence-corrected chi connectivity index (χ0v) is 10.4. The maximum Gasteiger partial charge on any atom is 0.307 e. The van der Waals surface area contributed by atoms with E-state index in [-0.39, 0.29) is 10.8 Å². The second-order valence-electron chi connectivity index (χ2n) is 4.00. The monoisotopic (exact) mass is 258 g/mol. The van der Waals surface area contributed by atoms with Crippen LogP contribution in [0.15, 0.2) is 34.1 Å². The Balaban J connectivity index is 2.16. The van der Waals surface area contributed by atoms with Gasteiger partial charge in [-0.2, -0.15) is 0 Å². The summed E-state index contributed by atoms with van der Waals surface area (Å²) in [5, 5.41) is 9.60. The van der Waals surface area contributed by atoms with Crippen molar-refractivity contribution in [2.75, 3.05) is 0 Å². The van der Waals surface area contributed by atoms with Crippen molar-refractivity contribution >= 4 is 34.4 Å². The van der Waals surface area contributed by atoms with Gasteiger partial charge in [0.2, 0.25) is 5.88 Å². The molecule has 18 heavy (non-hydrogen) atoms. The van der Waals surface area contributed by atoms with Gasteiger partial charge in [0, 0.05) is 16.8 Å². The molecule has 5 heteroatoms. The quantitative estimate of drug-likeness (QED) is 0.826. The third kappa shape index (κ3) is 1.69. The average molecular weight is 258 g/mol. The molecule has 0 amide bonds. The molecule has 2 N–H and O–H groups in total. The minimum atomic E-state index is -0.264. The molecule has 2 heterocycles. The predicted octanol–water partition coefficient (Wildman–Crippen LogP) is 2.79. The van der Waals surface area contributed by atoms with Gasteiger partial charge in [0.25, 0.3) is 0 Å². The molecule has 90 valence electrons. The molecule has 2 aromatic rings. The first-order valence-electron chi connectivity index (χ1n) is 5.44. The fraction of sp³-hybridized carbons (Fsp3) is 0.0769. The SMILES string of the molecule is CC1=Nc2ccccc2C1=Cc1sc(=O)[nH]c1O. The van der Waals surface area contributed by atoms with Crippen molar-refractivity contribution < 1.29 is 5.11 Å². The molecular formula is C13H10N2O2S. The van der Waals surface area contributed by atoms with Gasteiger partial charge in [0.1, 0.15) is 0 Å². The van der Waals surface area contributed by atoms with Crippen molar-refractivity contribution in [1.82, 2.24) is 4.98 Å². The highest BCUT2D eigenvalue weighted by Crippen LogP contribution is 2.36. The van der Waals surface area contributed by atoms with Crippen LogP contribution in [0.2, 0.25) is 0 Å². The third-order valence-electron chi connectivity index (χ3n) is 2.80. The fourth-order valence-electron chi connectivity index (χ4n) is 1.98. The normalized spacial score (nSPS) is 15.8. The van der Waals surface area contributed by atoms with Crippen LogP contribution in [0.1, 0.15) is 17.4 Å². The van der Waals surface area contributed by atoms with Gasteiger partial charge in [0.15, 0.2) is 0 Å². The van der Waals surface area contributed by atoms with E-state index in [4.69, 9.17) is 0 Å². The molecular weight excluding hydrogens is 248 g/mol. The first-order chi connectivity index (χ1) is 8.65. The van der Waals surface area contributed by atoms with Gasteiger partial charge in [-0.1, -0.05) is 29.5 Å². The maximum absolute atomic E-state index is 11.2. The molecule has 0 spiro atoms. The largest absolute Gasteiger partial charge is 0.493 e. The first kappa shape index (κ1) is 11.0. The number of benzene rings is 1. The van der Waals surface area contributed by atoms with Crippen LogP contribution in [0.5, 0.6) is 5.88 Å².